The molecule has 2 rings (SSSR count). The molecule has 1 atom stereocenters. The lowest BCUT2D eigenvalue weighted by molar-refractivity contribution is 0.354. The molecule has 1 unspecified atom stereocenters. The zero-order valence-corrected chi connectivity index (χ0v) is 14.6. The van der Waals surface area contributed by atoms with E-state index in [9.17, 15) is 0 Å². The van der Waals surface area contributed by atoms with Crippen molar-refractivity contribution < 1.29 is 9.47 Å². The molecule has 0 fully saturated rings. The molecule has 0 N–H and O–H groups in total. The fourth-order valence-corrected chi connectivity index (χ4v) is 4.27. The van der Waals surface area contributed by atoms with Crippen LogP contribution in [0.1, 0.15) is 25.7 Å². The first kappa shape index (κ1) is 15.4. The molecule has 108 valence electrons. The van der Waals surface area contributed by atoms with E-state index in [2.05, 4.69) is 41.9 Å². The average molecular weight is 355 g/mol. The van der Waals surface area contributed by atoms with Crippen molar-refractivity contribution in [1.82, 2.24) is 0 Å². The van der Waals surface area contributed by atoms with Crippen molar-refractivity contribution in [2.24, 2.45) is 0 Å². The lowest BCUT2D eigenvalue weighted by Crippen LogP contribution is -1.97. The number of methoxy groups -OCH3 is 2. The number of thiophene rings is 1. The van der Waals surface area contributed by atoms with Gasteiger partial charge in [-0.15, -0.1) is 11.3 Å². The Morgan fingerprint density at radius 2 is 1.80 bits per heavy atom. The van der Waals surface area contributed by atoms with Crippen LogP contribution < -0.4 is 9.47 Å². The van der Waals surface area contributed by atoms with E-state index in [4.69, 9.17) is 9.47 Å². The third kappa shape index (κ3) is 3.36. The normalized spacial score (nSPS) is 12.2. The first-order valence-electron chi connectivity index (χ1n) is 6.47. The van der Waals surface area contributed by atoms with Gasteiger partial charge < -0.3 is 9.47 Å². The summed E-state index contributed by atoms with van der Waals surface area (Å²) >= 11 is 5.65. The molecule has 0 aliphatic heterocycles. The number of hydrogen-bond acceptors (Lipinski definition) is 3. The maximum atomic E-state index is 5.35. The van der Waals surface area contributed by atoms with E-state index in [0.717, 1.165) is 17.9 Å². The standard InChI is InChI=1S/C16H19BrO2S/c1-10-7-13(11(2)20-10)14(17)8-12-5-6-15(18-3)16(9-12)19-4/h5-7,9,14H,8H2,1-4H3. The SMILES string of the molecule is COc1ccc(CC(Br)c2cc(C)sc2C)cc1OC. The highest BCUT2D eigenvalue weighted by Gasteiger charge is 2.14. The third-order valence-electron chi connectivity index (χ3n) is 3.28. The summed E-state index contributed by atoms with van der Waals surface area (Å²) in [7, 11) is 3.32. The highest BCUT2D eigenvalue weighted by Crippen LogP contribution is 2.36. The van der Waals surface area contributed by atoms with Crippen LogP contribution in [0.2, 0.25) is 0 Å². The minimum Gasteiger partial charge on any atom is -0.493 e. The summed E-state index contributed by atoms with van der Waals surface area (Å²) in [5, 5.41) is 0. The fourth-order valence-electron chi connectivity index (χ4n) is 2.29. The number of benzene rings is 1. The second-order valence-electron chi connectivity index (χ2n) is 4.73. The van der Waals surface area contributed by atoms with Crippen molar-refractivity contribution in [2.75, 3.05) is 14.2 Å². The zero-order chi connectivity index (χ0) is 14.7. The van der Waals surface area contributed by atoms with E-state index in [0.29, 0.717) is 4.83 Å². The Labute approximate surface area is 132 Å². The second-order valence-corrected chi connectivity index (χ2v) is 7.30. The van der Waals surface area contributed by atoms with Crippen LogP contribution >= 0.6 is 27.3 Å². The Bertz CT molecular complexity index is 592. The van der Waals surface area contributed by atoms with Crippen LogP contribution in [0.5, 0.6) is 11.5 Å². The van der Waals surface area contributed by atoms with E-state index < -0.39 is 0 Å². The Morgan fingerprint density at radius 1 is 1.10 bits per heavy atom. The van der Waals surface area contributed by atoms with Crippen LogP contribution in [0, 0.1) is 13.8 Å². The minimum absolute atomic E-state index is 0.325. The van der Waals surface area contributed by atoms with Gasteiger partial charge in [0.2, 0.25) is 0 Å². The lowest BCUT2D eigenvalue weighted by atomic mass is 10.0. The Hall–Kier alpha value is -1.00. The smallest absolute Gasteiger partial charge is 0.160 e. The summed E-state index contributed by atoms with van der Waals surface area (Å²) < 4.78 is 10.6. The molecular formula is C16H19BrO2S. The summed E-state index contributed by atoms with van der Waals surface area (Å²) in [4.78, 5) is 3.06. The molecule has 4 heteroatoms. The number of ether oxygens (including phenoxy) is 2. The molecule has 0 radical (unpaired) electrons. The van der Waals surface area contributed by atoms with Crippen LogP contribution in [0.3, 0.4) is 0 Å². The van der Waals surface area contributed by atoms with Crippen LogP contribution in [-0.2, 0) is 6.42 Å². The van der Waals surface area contributed by atoms with E-state index in [1.54, 1.807) is 14.2 Å². The number of halogens is 1. The number of alkyl halides is 1. The molecule has 0 spiro atoms. The number of hydrogen-bond donors (Lipinski definition) is 0. The van der Waals surface area contributed by atoms with Crippen molar-refractivity contribution in [3.05, 3.63) is 45.1 Å². The van der Waals surface area contributed by atoms with Crippen molar-refractivity contribution in [3.8, 4) is 11.5 Å². The maximum absolute atomic E-state index is 5.35. The summed E-state index contributed by atoms with van der Waals surface area (Å²) in [6, 6.07) is 8.35. The molecule has 0 aliphatic carbocycles. The van der Waals surface area contributed by atoms with Gasteiger partial charge >= 0.3 is 0 Å². The number of aryl methyl sites for hydroxylation is 2. The van der Waals surface area contributed by atoms with Gasteiger partial charge in [0.25, 0.3) is 0 Å². The molecule has 0 saturated heterocycles. The van der Waals surface area contributed by atoms with Crippen molar-refractivity contribution >= 4 is 27.3 Å². The largest absolute Gasteiger partial charge is 0.493 e. The Kier molecular flexibility index (Phi) is 5.11. The molecule has 2 aromatic rings. The van der Waals surface area contributed by atoms with Gasteiger partial charge in [0.1, 0.15) is 0 Å². The van der Waals surface area contributed by atoms with Gasteiger partial charge in [0.05, 0.1) is 14.2 Å². The van der Waals surface area contributed by atoms with E-state index >= 15 is 0 Å². The van der Waals surface area contributed by atoms with Gasteiger partial charge in [-0.05, 0) is 49.6 Å². The Morgan fingerprint density at radius 3 is 2.35 bits per heavy atom. The lowest BCUT2D eigenvalue weighted by Gasteiger charge is -2.13. The molecule has 1 aromatic carbocycles. The molecule has 20 heavy (non-hydrogen) atoms. The molecule has 0 amide bonds. The maximum Gasteiger partial charge on any atom is 0.160 e. The minimum atomic E-state index is 0.325. The molecule has 0 bridgehead atoms. The van der Waals surface area contributed by atoms with Gasteiger partial charge in [-0.3, -0.25) is 0 Å². The molecule has 1 heterocycles. The molecule has 0 aliphatic rings. The van der Waals surface area contributed by atoms with E-state index in [-0.39, 0.29) is 0 Å². The second kappa shape index (κ2) is 6.64. The van der Waals surface area contributed by atoms with Crippen molar-refractivity contribution in [2.45, 2.75) is 25.1 Å². The summed E-state index contributed by atoms with van der Waals surface area (Å²) in [5.74, 6) is 1.55. The van der Waals surface area contributed by atoms with E-state index in [1.807, 2.05) is 23.5 Å². The first-order chi connectivity index (χ1) is 9.55. The monoisotopic (exact) mass is 354 g/mol. The highest BCUT2D eigenvalue weighted by molar-refractivity contribution is 9.09. The predicted molar refractivity (Wildman–Crippen MR) is 88.7 cm³/mol. The molecular weight excluding hydrogens is 336 g/mol. The highest BCUT2D eigenvalue weighted by atomic mass is 79.9. The van der Waals surface area contributed by atoms with Crippen LogP contribution in [0.25, 0.3) is 0 Å². The van der Waals surface area contributed by atoms with Crippen molar-refractivity contribution in [3.63, 3.8) is 0 Å². The van der Waals surface area contributed by atoms with Gasteiger partial charge in [-0.2, -0.15) is 0 Å². The van der Waals surface area contributed by atoms with Crippen molar-refractivity contribution in [1.29, 1.82) is 0 Å². The summed E-state index contributed by atoms with van der Waals surface area (Å²) in [5.41, 5.74) is 2.61. The molecule has 2 nitrogen and oxygen atoms in total. The van der Waals surface area contributed by atoms with E-state index in [1.165, 1.54) is 20.9 Å². The first-order valence-corrected chi connectivity index (χ1v) is 8.20. The topological polar surface area (TPSA) is 18.5 Å². The summed E-state index contributed by atoms with van der Waals surface area (Å²) in [6.45, 7) is 4.33. The summed E-state index contributed by atoms with van der Waals surface area (Å²) in [6.07, 6.45) is 0.928. The van der Waals surface area contributed by atoms with Gasteiger partial charge in [0, 0.05) is 14.6 Å². The van der Waals surface area contributed by atoms with Gasteiger partial charge in [0.15, 0.2) is 11.5 Å². The molecule has 0 saturated carbocycles. The van der Waals surface area contributed by atoms with Crippen LogP contribution in [0.4, 0.5) is 0 Å². The average Bonchev–Trinajstić information content (AvgIpc) is 2.77. The van der Waals surface area contributed by atoms with Gasteiger partial charge in [-0.1, -0.05) is 22.0 Å². The van der Waals surface area contributed by atoms with Gasteiger partial charge in [-0.25, -0.2) is 0 Å². The quantitative estimate of drug-likeness (QED) is 0.698. The predicted octanol–water partition coefficient (Wildman–Crippen LogP) is 5.06. The van der Waals surface area contributed by atoms with Crippen LogP contribution in [-0.4, -0.2) is 14.2 Å². The molecule has 1 aromatic heterocycles. The third-order valence-corrected chi connectivity index (χ3v) is 5.08. The zero-order valence-electron chi connectivity index (χ0n) is 12.2. The fraction of sp³-hybridized carbons (Fsp3) is 0.375. The number of rotatable bonds is 5. The van der Waals surface area contributed by atoms with Crippen LogP contribution in [0.15, 0.2) is 24.3 Å². The Balaban J connectivity index is 2.19.